The number of nitrogens with one attached hydrogen (secondary N) is 1. The van der Waals surface area contributed by atoms with E-state index >= 15 is 0 Å². The summed E-state index contributed by atoms with van der Waals surface area (Å²) in [7, 11) is 0. The van der Waals surface area contributed by atoms with Crippen molar-refractivity contribution in [1.82, 2.24) is 0 Å². The molecule has 0 saturated heterocycles. The van der Waals surface area contributed by atoms with Gasteiger partial charge in [-0.3, -0.25) is 24.5 Å². The number of anilines is 1. The van der Waals surface area contributed by atoms with Gasteiger partial charge in [0.2, 0.25) is 11.8 Å². The number of ketones is 2. The van der Waals surface area contributed by atoms with Gasteiger partial charge in [-0.1, -0.05) is 12.1 Å². The molecule has 0 unspecified atom stereocenters. The highest BCUT2D eigenvalue weighted by atomic mass is 16.4. The maximum absolute atomic E-state index is 12.5. The van der Waals surface area contributed by atoms with E-state index in [9.17, 15) is 19.2 Å². The van der Waals surface area contributed by atoms with Crippen LogP contribution in [0.5, 0.6) is 0 Å². The summed E-state index contributed by atoms with van der Waals surface area (Å²) >= 11 is 0. The van der Waals surface area contributed by atoms with Gasteiger partial charge in [0, 0.05) is 18.4 Å². The van der Waals surface area contributed by atoms with Crippen LogP contribution in [0.1, 0.15) is 80.6 Å². The van der Waals surface area contributed by atoms with E-state index in [1.807, 2.05) is 18.2 Å². The Balaban J connectivity index is 1.66. The minimum Gasteiger partial charge on any atom is -0.444 e. The van der Waals surface area contributed by atoms with Crippen LogP contribution in [0.3, 0.4) is 0 Å². The molecule has 1 heterocycles. The average Bonchev–Trinajstić information content (AvgIpc) is 3.01. The number of hydrogen-bond acceptors (Lipinski definition) is 5. The van der Waals surface area contributed by atoms with Crippen molar-refractivity contribution >= 4 is 29.3 Å². The van der Waals surface area contributed by atoms with Gasteiger partial charge < -0.3 is 10.2 Å². The van der Waals surface area contributed by atoms with E-state index in [2.05, 4.69) is 5.32 Å². The Morgan fingerprint density at radius 2 is 1.72 bits per heavy atom. The first kappa shape index (κ1) is 20.5. The van der Waals surface area contributed by atoms with Crippen molar-refractivity contribution in [2.24, 2.45) is 5.73 Å². The van der Waals surface area contributed by atoms with Gasteiger partial charge in [0.25, 0.3) is 5.91 Å². The third-order valence-electron chi connectivity index (χ3n) is 5.19. The molecule has 2 amide bonds. The van der Waals surface area contributed by atoms with Crippen molar-refractivity contribution in [2.45, 2.75) is 52.4 Å². The second-order valence-electron chi connectivity index (χ2n) is 7.32. The molecule has 7 heteroatoms. The Kier molecular flexibility index (Phi) is 5.96. The summed E-state index contributed by atoms with van der Waals surface area (Å²) < 4.78 is 5.35. The second-order valence-corrected chi connectivity index (χ2v) is 7.32. The fourth-order valence-corrected chi connectivity index (χ4v) is 3.76. The zero-order valence-corrected chi connectivity index (χ0v) is 16.6. The third kappa shape index (κ3) is 4.45. The Bertz CT molecular complexity index is 1000. The number of fused-ring (bicyclic) bond motifs is 1. The van der Waals surface area contributed by atoms with Crippen LogP contribution in [-0.4, -0.2) is 23.4 Å². The van der Waals surface area contributed by atoms with Gasteiger partial charge in [0.1, 0.15) is 11.3 Å². The standard InChI is InChI=1S/C22H24N2O5/c1-12(25)19-13(2)29-22(20(19)21(23)28)24-18(27)10-9-17(26)16-8-7-14-5-3-4-6-15(14)11-16/h7-8,11H,3-6,9-10H2,1-2H3,(H2,23,28)(H,24,27). The smallest absolute Gasteiger partial charge is 0.255 e. The zero-order valence-electron chi connectivity index (χ0n) is 16.6. The molecule has 0 saturated carbocycles. The molecular weight excluding hydrogens is 372 g/mol. The molecule has 0 spiro atoms. The molecule has 3 N–H and O–H groups in total. The summed E-state index contributed by atoms with van der Waals surface area (Å²) in [6.45, 7) is 2.80. The van der Waals surface area contributed by atoms with Gasteiger partial charge in [-0.15, -0.1) is 0 Å². The van der Waals surface area contributed by atoms with Crippen LogP contribution in [0.15, 0.2) is 22.6 Å². The zero-order chi connectivity index (χ0) is 21.1. The number of rotatable bonds is 7. The fraction of sp³-hybridized carbons (Fsp3) is 0.364. The monoisotopic (exact) mass is 396 g/mol. The first-order valence-electron chi connectivity index (χ1n) is 9.67. The van der Waals surface area contributed by atoms with Crippen LogP contribution in [0.25, 0.3) is 0 Å². The summed E-state index contributed by atoms with van der Waals surface area (Å²) in [5.74, 6) is -1.83. The number of carbonyl (C=O) groups is 4. The molecule has 0 bridgehead atoms. The first-order valence-corrected chi connectivity index (χ1v) is 9.67. The highest BCUT2D eigenvalue weighted by molar-refractivity contribution is 6.12. The molecular formula is C22H24N2O5. The molecule has 0 fully saturated rings. The molecule has 1 aromatic carbocycles. The highest BCUT2D eigenvalue weighted by Crippen LogP contribution is 2.27. The van der Waals surface area contributed by atoms with E-state index in [-0.39, 0.29) is 47.2 Å². The molecule has 2 aromatic rings. The summed E-state index contributed by atoms with van der Waals surface area (Å²) in [4.78, 5) is 48.2. The lowest BCUT2D eigenvalue weighted by Crippen LogP contribution is -2.19. The molecule has 0 radical (unpaired) electrons. The Hall–Kier alpha value is -3.22. The molecule has 3 rings (SSSR count). The van der Waals surface area contributed by atoms with Crippen LogP contribution in [-0.2, 0) is 17.6 Å². The largest absolute Gasteiger partial charge is 0.444 e. The van der Waals surface area contributed by atoms with Crippen LogP contribution < -0.4 is 11.1 Å². The van der Waals surface area contributed by atoms with Crippen LogP contribution in [0, 0.1) is 6.92 Å². The van der Waals surface area contributed by atoms with Gasteiger partial charge in [-0.05, 0) is 56.7 Å². The fourth-order valence-electron chi connectivity index (χ4n) is 3.76. The second kappa shape index (κ2) is 8.43. The summed E-state index contributed by atoms with van der Waals surface area (Å²) in [6, 6.07) is 5.73. The lowest BCUT2D eigenvalue weighted by molar-refractivity contribution is -0.116. The summed E-state index contributed by atoms with van der Waals surface area (Å²) in [5.41, 5.74) is 8.34. The Labute approximate surface area is 168 Å². The van der Waals surface area contributed by atoms with Gasteiger partial charge in [-0.2, -0.15) is 0 Å². The molecule has 29 heavy (non-hydrogen) atoms. The highest BCUT2D eigenvalue weighted by Gasteiger charge is 2.26. The lowest BCUT2D eigenvalue weighted by Gasteiger charge is -2.16. The number of aryl methyl sites for hydroxylation is 3. The van der Waals surface area contributed by atoms with E-state index in [1.54, 1.807) is 0 Å². The predicted octanol–water partition coefficient (Wildman–Crippen LogP) is 3.37. The van der Waals surface area contributed by atoms with Gasteiger partial charge in [-0.25, -0.2) is 0 Å². The lowest BCUT2D eigenvalue weighted by atomic mass is 9.89. The van der Waals surface area contributed by atoms with Crippen molar-refractivity contribution < 1.29 is 23.6 Å². The Morgan fingerprint density at radius 3 is 2.38 bits per heavy atom. The van der Waals surface area contributed by atoms with E-state index in [4.69, 9.17) is 10.2 Å². The maximum Gasteiger partial charge on any atom is 0.255 e. The number of amides is 2. The van der Waals surface area contributed by atoms with E-state index in [1.165, 1.54) is 31.4 Å². The van der Waals surface area contributed by atoms with Crippen molar-refractivity contribution in [3.05, 3.63) is 51.8 Å². The van der Waals surface area contributed by atoms with Gasteiger partial charge >= 0.3 is 0 Å². The molecule has 1 aliphatic carbocycles. The minimum absolute atomic E-state index is 0.0236. The molecule has 1 aliphatic rings. The van der Waals surface area contributed by atoms with E-state index < -0.39 is 11.8 Å². The number of Topliss-reactive ketones (excluding diaryl/α,β-unsaturated/α-hetero) is 2. The SMILES string of the molecule is CC(=O)c1c(C)oc(NC(=O)CCC(=O)c2ccc3c(c2)CCCC3)c1C(N)=O. The summed E-state index contributed by atoms with van der Waals surface area (Å²) in [5, 5.41) is 2.45. The van der Waals surface area contributed by atoms with Crippen LogP contribution >= 0.6 is 0 Å². The topological polar surface area (TPSA) is 119 Å². The van der Waals surface area contributed by atoms with Gasteiger partial charge in [0.15, 0.2) is 11.6 Å². The van der Waals surface area contributed by atoms with Crippen molar-refractivity contribution in [3.63, 3.8) is 0 Å². The van der Waals surface area contributed by atoms with E-state index in [0.29, 0.717) is 5.56 Å². The van der Waals surface area contributed by atoms with Crippen LogP contribution in [0.4, 0.5) is 5.88 Å². The number of furan rings is 1. The van der Waals surface area contributed by atoms with Crippen LogP contribution in [0.2, 0.25) is 0 Å². The molecule has 1 aromatic heterocycles. The predicted molar refractivity (Wildman–Crippen MR) is 107 cm³/mol. The van der Waals surface area contributed by atoms with Gasteiger partial charge in [0.05, 0.1) is 5.56 Å². The first-order chi connectivity index (χ1) is 13.8. The number of carbonyl (C=O) groups excluding carboxylic acids is 4. The molecule has 152 valence electrons. The quantitative estimate of drug-likeness (QED) is 0.695. The number of hydrogen-bond donors (Lipinski definition) is 2. The number of benzene rings is 1. The van der Waals surface area contributed by atoms with Crippen molar-refractivity contribution in [2.75, 3.05) is 5.32 Å². The molecule has 0 atom stereocenters. The minimum atomic E-state index is -0.868. The third-order valence-corrected chi connectivity index (χ3v) is 5.19. The van der Waals surface area contributed by atoms with E-state index in [0.717, 1.165) is 19.3 Å². The normalized spacial score (nSPS) is 12.9. The Morgan fingerprint density at radius 1 is 1.03 bits per heavy atom. The summed E-state index contributed by atoms with van der Waals surface area (Å²) in [6.07, 6.45) is 4.26. The van der Waals surface area contributed by atoms with Crippen molar-refractivity contribution in [1.29, 1.82) is 0 Å². The van der Waals surface area contributed by atoms with Crippen molar-refractivity contribution in [3.8, 4) is 0 Å². The maximum atomic E-state index is 12.5. The molecule has 7 nitrogen and oxygen atoms in total. The number of primary amides is 1. The number of nitrogens with two attached hydrogens (primary N) is 1. The molecule has 0 aliphatic heterocycles. The average molecular weight is 396 g/mol.